The van der Waals surface area contributed by atoms with Gasteiger partial charge in [-0.1, -0.05) is 36.7 Å². The molecular formula is C17H21ClN2OS. The van der Waals surface area contributed by atoms with Crippen LogP contribution in [-0.2, 0) is 11.3 Å². The van der Waals surface area contributed by atoms with E-state index in [0.717, 1.165) is 54.2 Å². The Hall–Kier alpha value is -1.10. The topological polar surface area (TPSA) is 32.3 Å². The van der Waals surface area contributed by atoms with Gasteiger partial charge in [0.15, 0.2) is 0 Å². The molecule has 0 aliphatic carbocycles. The van der Waals surface area contributed by atoms with Gasteiger partial charge in [0, 0.05) is 28.1 Å². The maximum atomic E-state index is 12.3. The van der Waals surface area contributed by atoms with Crippen LogP contribution >= 0.6 is 22.9 Å². The van der Waals surface area contributed by atoms with Gasteiger partial charge in [0.2, 0.25) is 5.91 Å². The van der Waals surface area contributed by atoms with Crippen molar-refractivity contribution in [1.29, 1.82) is 0 Å². The summed E-state index contributed by atoms with van der Waals surface area (Å²) in [5.74, 6) is 0.164. The Morgan fingerprint density at radius 2 is 2.27 bits per heavy atom. The van der Waals surface area contributed by atoms with Crippen LogP contribution in [0.4, 0.5) is 0 Å². The van der Waals surface area contributed by atoms with Crippen LogP contribution in [0.2, 0.25) is 5.02 Å². The Morgan fingerprint density at radius 3 is 3.05 bits per heavy atom. The van der Waals surface area contributed by atoms with Crippen molar-refractivity contribution in [2.45, 2.75) is 38.8 Å². The van der Waals surface area contributed by atoms with Crippen molar-refractivity contribution < 1.29 is 4.79 Å². The molecule has 1 saturated heterocycles. The molecular weight excluding hydrogens is 316 g/mol. The number of nitrogens with one attached hydrogen (secondary N) is 1. The zero-order chi connectivity index (χ0) is 15.5. The fraction of sp³-hybridized carbons (Fsp3) is 0.471. The average molecular weight is 337 g/mol. The molecule has 1 unspecified atom stereocenters. The maximum Gasteiger partial charge on any atom is 0.237 e. The van der Waals surface area contributed by atoms with Crippen LogP contribution in [0.25, 0.3) is 10.1 Å². The summed E-state index contributed by atoms with van der Waals surface area (Å²) in [6.07, 6.45) is 2.99. The third-order valence-corrected chi connectivity index (χ3v) is 5.86. The third-order valence-electron chi connectivity index (χ3n) is 4.16. The number of rotatable bonds is 5. The van der Waals surface area contributed by atoms with E-state index in [4.69, 9.17) is 11.6 Å². The molecule has 1 fully saturated rings. The van der Waals surface area contributed by atoms with E-state index in [1.807, 2.05) is 12.1 Å². The van der Waals surface area contributed by atoms with E-state index in [-0.39, 0.29) is 11.9 Å². The van der Waals surface area contributed by atoms with Crippen LogP contribution in [0.1, 0.15) is 31.1 Å². The van der Waals surface area contributed by atoms with Gasteiger partial charge >= 0.3 is 0 Å². The highest BCUT2D eigenvalue weighted by atomic mass is 35.5. The van der Waals surface area contributed by atoms with Crippen molar-refractivity contribution in [3.8, 4) is 0 Å². The monoisotopic (exact) mass is 336 g/mol. The second-order valence-electron chi connectivity index (χ2n) is 5.75. The molecule has 0 radical (unpaired) electrons. The quantitative estimate of drug-likeness (QED) is 0.893. The summed E-state index contributed by atoms with van der Waals surface area (Å²) < 4.78 is 1.22. The number of carbonyl (C=O) groups is 1. The predicted octanol–water partition coefficient (Wildman–Crippen LogP) is 4.05. The van der Waals surface area contributed by atoms with Crippen molar-refractivity contribution >= 4 is 38.9 Å². The minimum absolute atomic E-state index is 0.00664. The molecule has 1 atom stereocenters. The van der Waals surface area contributed by atoms with E-state index in [1.165, 1.54) is 4.70 Å². The highest BCUT2D eigenvalue weighted by Crippen LogP contribution is 2.36. The fourth-order valence-corrected chi connectivity index (χ4v) is 4.55. The van der Waals surface area contributed by atoms with Gasteiger partial charge < -0.3 is 5.32 Å². The van der Waals surface area contributed by atoms with E-state index < -0.39 is 0 Å². The van der Waals surface area contributed by atoms with Gasteiger partial charge in [0.1, 0.15) is 0 Å². The highest BCUT2D eigenvalue weighted by molar-refractivity contribution is 7.19. The molecule has 1 N–H and O–H groups in total. The molecule has 0 spiro atoms. The molecule has 1 aliphatic heterocycles. The van der Waals surface area contributed by atoms with E-state index in [1.54, 1.807) is 11.3 Å². The largest absolute Gasteiger partial charge is 0.355 e. The Kier molecular flexibility index (Phi) is 5.01. The first kappa shape index (κ1) is 15.8. The predicted molar refractivity (Wildman–Crippen MR) is 93.6 cm³/mol. The lowest BCUT2D eigenvalue weighted by Gasteiger charge is -2.23. The van der Waals surface area contributed by atoms with Crippen LogP contribution in [0.3, 0.4) is 0 Å². The normalized spacial score (nSPS) is 18.9. The molecule has 1 amide bonds. The summed E-state index contributed by atoms with van der Waals surface area (Å²) in [7, 11) is 0. The number of benzene rings is 1. The van der Waals surface area contributed by atoms with Crippen molar-refractivity contribution in [2.24, 2.45) is 0 Å². The van der Waals surface area contributed by atoms with E-state index in [9.17, 15) is 4.79 Å². The molecule has 2 heterocycles. The number of hydrogen-bond acceptors (Lipinski definition) is 3. The number of hydrogen-bond donors (Lipinski definition) is 1. The van der Waals surface area contributed by atoms with Gasteiger partial charge in [-0.05, 0) is 31.9 Å². The number of halogens is 1. The minimum Gasteiger partial charge on any atom is -0.355 e. The third kappa shape index (κ3) is 3.14. The first-order chi connectivity index (χ1) is 10.7. The van der Waals surface area contributed by atoms with E-state index in [2.05, 4.69) is 29.3 Å². The Bertz CT molecular complexity index is 670. The standard InChI is InChI=1S/C17H21ClN2OS/c1-2-9-19-17(21)13-7-5-10-20(13)11-15-16(18)12-6-3-4-8-14(12)22-15/h3-4,6,8,13H,2,5,7,9-11H2,1H3,(H,19,21). The Balaban J connectivity index is 1.75. The molecule has 0 saturated carbocycles. The summed E-state index contributed by atoms with van der Waals surface area (Å²) in [5.41, 5.74) is 0. The summed E-state index contributed by atoms with van der Waals surface area (Å²) in [4.78, 5) is 15.7. The molecule has 1 aliphatic rings. The van der Waals surface area contributed by atoms with Gasteiger partial charge in [0.25, 0.3) is 0 Å². The maximum absolute atomic E-state index is 12.3. The van der Waals surface area contributed by atoms with Crippen LogP contribution in [0.5, 0.6) is 0 Å². The summed E-state index contributed by atoms with van der Waals surface area (Å²) in [5, 5.41) is 4.99. The van der Waals surface area contributed by atoms with Crippen LogP contribution in [-0.4, -0.2) is 29.9 Å². The molecule has 0 bridgehead atoms. The Morgan fingerprint density at radius 1 is 1.45 bits per heavy atom. The van der Waals surface area contributed by atoms with Crippen molar-refractivity contribution in [3.05, 3.63) is 34.2 Å². The second kappa shape index (κ2) is 6.99. The lowest BCUT2D eigenvalue weighted by atomic mass is 10.2. The molecule has 5 heteroatoms. The van der Waals surface area contributed by atoms with Gasteiger partial charge in [-0.2, -0.15) is 0 Å². The van der Waals surface area contributed by atoms with E-state index >= 15 is 0 Å². The summed E-state index contributed by atoms with van der Waals surface area (Å²) >= 11 is 8.27. The lowest BCUT2D eigenvalue weighted by molar-refractivity contribution is -0.125. The molecule has 3 nitrogen and oxygen atoms in total. The van der Waals surface area contributed by atoms with Crippen LogP contribution in [0, 0.1) is 0 Å². The SMILES string of the molecule is CCCNC(=O)C1CCCN1Cc1sc2ccccc2c1Cl. The van der Waals surface area contributed by atoms with Crippen LogP contribution < -0.4 is 5.32 Å². The Labute approximate surface area is 140 Å². The molecule has 22 heavy (non-hydrogen) atoms. The van der Waals surface area contributed by atoms with Crippen LogP contribution in [0.15, 0.2) is 24.3 Å². The molecule has 1 aromatic heterocycles. The number of amides is 1. The van der Waals surface area contributed by atoms with Crippen molar-refractivity contribution in [1.82, 2.24) is 10.2 Å². The highest BCUT2D eigenvalue weighted by Gasteiger charge is 2.31. The molecule has 118 valence electrons. The smallest absolute Gasteiger partial charge is 0.237 e. The first-order valence-electron chi connectivity index (χ1n) is 7.88. The number of likely N-dealkylation sites (tertiary alicyclic amines) is 1. The van der Waals surface area contributed by atoms with Gasteiger partial charge in [-0.3, -0.25) is 9.69 Å². The number of carbonyl (C=O) groups excluding carboxylic acids is 1. The van der Waals surface area contributed by atoms with Crippen molar-refractivity contribution in [3.63, 3.8) is 0 Å². The van der Waals surface area contributed by atoms with E-state index in [0.29, 0.717) is 0 Å². The van der Waals surface area contributed by atoms with Gasteiger partial charge in [-0.25, -0.2) is 0 Å². The average Bonchev–Trinajstić information content (AvgIpc) is 3.11. The molecule has 1 aromatic carbocycles. The number of fused-ring (bicyclic) bond motifs is 1. The summed E-state index contributed by atoms with van der Waals surface area (Å²) in [6.45, 7) is 4.56. The van der Waals surface area contributed by atoms with Gasteiger partial charge in [0.05, 0.1) is 11.1 Å². The zero-order valence-corrected chi connectivity index (χ0v) is 14.3. The van der Waals surface area contributed by atoms with Gasteiger partial charge in [-0.15, -0.1) is 11.3 Å². The second-order valence-corrected chi connectivity index (χ2v) is 7.27. The lowest BCUT2D eigenvalue weighted by Crippen LogP contribution is -2.43. The molecule has 2 aromatic rings. The molecule has 3 rings (SSSR count). The minimum atomic E-state index is -0.00664. The number of nitrogens with zero attached hydrogens (tertiary/aromatic N) is 1. The summed E-state index contributed by atoms with van der Waals surface area (Å²) in [6, 6.07) is 8.21. The van der Waals surface area contributed by atoms with Crippen molar-refractivity contribution in [2.75, 3.05) is 13.1 Å². The number of thiophene rings is 1. The fourth-order valence-electron chi connectivity index (χ4n) is 3.03. The first-order valence-corrected chi connectivity index (χ1v) is 9.07. The zero-order valence-electron chi connectivity index (χ0n) is 12.8.